The summed E-state index contributed by atoms with van der Waals surface area (Å²) in [6.45, 7) is 2.69. The highest BCUT2D eigenvalue weighted by molar-refractivity contribution is 6.28. The number of hydrogen-bond acceptors (Lipinski definition) is 3. The molecule has 2 aromatic heterocycles. The van der Waals surface area contributed by atoms with Crippen LogP contribution in [0.1, 0.15) is 11.4 Å². The van der Waals surface area contributed by atoms with Crippen molar-refractivity contribution in [1.29, 1.82) is 0 Å². The Balaban J connectivity index is 2.05. The van der Waals surface area contributed by atoms with Crippen LogP contribution in [0, 0.1) is 6.92 Å². The summed E-state index contributed by atoms with van der Waals surface area (Å²) < 4.78 is 1.89. The zero-order valence-electron chi connectivity index (χ0n) is 8.39. The number of aryl methyl sites for hydroxylation is 2. The molecular formula is C10H11ClN4. The molecule has 0 aliphatic rings. The number of nitrogens with zero attached hydrogens (tertiary/aromatic N) is 4. The molecule has 0 amide bonds. The average Bonchev–Trinajstić information content (AvgIpc) is 2.58. The van der Waals surface area contributed by atoms with E-state index in [2.05, 4.69) is 15.2 Å². The van der Waals surface area contributed by atoms with Gasteiger partial charge in [0.1, 0.15) is 5.82 Å². The molecule has 0 saturated heterocycles. The quantitative estimate of drug-likeness (QED) is 0.797. The Morgan fingerprint density at radius 2 is 2.00 bits per heavy atom. The molecule has 78 valence electrons. The summed E-state index contributed by atoms with van der Waals surface area (Å²) in [5.74, 6) is 0.842. The molecule has 0 aliphatic carbocycles. The molecule has 0 aliphatic heterocycles. The minimum absolute atomic E-state index is 0.446. The Hall–Kier alpha value is -1.42. The Kier molecular flexibility index (Phi) is 2.97. The van der Waals surface area contributed by atoms with Crippen LogP contribution in [0.4, 0.5) is 0 Å². The Morgan fingerprint density at radius 1 is 1.27 bits per heavy atom. The molecule has 15 heavy (non-hydrogen) atoms. The van der Waals surface area contributed by atoms with Crippen molar-refractivity contribution in [1.82, 2.24) is 19.7 Å². The van der Waals surface area contributed by atoms with Gasteiger partial charge in [0.2, 0.25) is 5.28 Å². The maximum absolute atomic E-state index is 5.89. The molecule has 4 nitrogen and oxygen atoms in total. The topological polar surface area (TPSA) is 43.6 Å². The summed E-state index contributed by atoms with van der Waals surface area (Å²) in [6, 6.07) is 3.99. The second-order valence-electron chi connectivity index (χ2n) is 3.27. The van der Waals surface area contributed by atoms with E-state index >= 15 is 0 Å². The van der Waals surface area contributed by atoms with Crippen LogP contribution in [0.2, 0.25) is 5.28 Å². The van der Waals surface area contributed by atoms with Crippen LogP contribution < -0.4 is 0 Å². The standard InChI is InChI=1S/C10H11ClN4/c1-8-13-14-10(11)15(8)7-4-9-2-5-12-6-3-9/h2-3,5-6H,4,7H2,1H3. The van der Waals surface area contributed by atoms with Crippen LogP contribution in [-0.4, -0.2) is 19.7 Å². The van der Waals surface area contributed by atoms with Crippen LogP contribution >= 0.6 is 11.6 Å². The van der Waals surface area contributed by atoms with Crippen LogP contribution in [0.25, 0.3) is 0 Å². The highest BCUT2D eigenvalue weighted by Crippen LogP contribution is 2.09. The first kappa shape index (κ1) is 10.1. The van der Waals surface area contributed by atoms with Gasteiger partial charge in [0.15, 0.2) is 0 Å². The van der Waals surface area contributed by atoms with E-state index in [1.165, 1.54) is 5.56 Å². The summed E-state index contributed by atoms with van der Waals surface area (Å²) in [5, 5.41) is 8.14. The number of hydrogen-bond donors (Lipinski definition) is 0. The van der Waals surface area contributed by atoms with Gasteiger partial charge in [-0.05, 0) is 42.6 Å². The van der Waals surface area contributed by atoms with Gasteiger partial charge < -0.3 is 4.57 Å². The fourth-order valence-electron chi connectivity index (χ4n) is 1.40. The van der Waals surface area contributed by atoms with Crippen molar-refractivity contribution >= 4 is 11.6 Å². The van der Waals surface area contributed by atoms with E-state index in [1.807, 2.05) is 23.6 Å². The highest BCUT2D eigenvalue weighted by atomic mass is 35.5. The maximum atomic E-state index is 5.89. The third-order valence-corrected chi connectivity index (χ3v) is 2.54. The van der Waals surface area contributed by atoms with Gasteiger partial charge in [-0.2, -0.15) is 0 Å². The molecule has 2 aromatic rings. The van der Waals surface area contributed by atoms with Crippen molar-refractivity contribution in [3.05, 3.63) is 41.2 Å². The van der Waals surface area contributed by atoms with Crippen molar-refractivity contribution in [2.45, 2.75) is 19.9 Å². The normalized spacial score (nSPS) is 10.5. The van der Waals surface area contributed by atoms with Gasteiger partial charge in [0.05, 0.1) is 0 Å². The average molecular weight is 223 g/mol. The molecule has 0 N–H and O–H groups in total. The fraction of sp³-hybridized carbons (Fsp3) is 0.300. The van der Waals surface area contributed by atoms with Crippen LogP contribution in [0.15, 0.2) is 24.5 Å². The van der Waals surface area contributed by atoms with E-state index in [9.17, 15) is 0 Å². The zero-order valence-corrected chi connectivity index (χ0v) is 9.15. The van der Waals surface area contributed by atoms with E-state index in [-0.39, 0.29) is 0 Å². The summed E-state index contributed by atoms with van der Waals surface area (Å²) in [6.07, 6.45) is 4.48. The molecule has 5 heteroatoms. The number of rotatable bonds is 3. The van der Waals surface area contributed by atoms with Gasteiger partial charge in [-0.3, -0.25) is 4.98 Å². The first-order chi connectivity index (χ1) is 7.27. The van der Waals surface area contributed by atoms with Gasteiger partial charge in [0.25, 0.3) is 0 Å². The zero-order chi connectivity index (χ0) is 10.7. The lowest BCUT2D eigenvalue weighted by molar-refractivity contribution is 0.672. The van der Waals surface area contributed by atoms with Crippen molar-refractivity contribution in [3.63, 3.8) is 0 Å². The minimum atomic E-state index is 0.446. The predicted molar refractivity (Wildman–Crippen MR) is 57.7 cm³/mol. The molecule has 0 radical (unpaired) electrons. The van der Waals surface area contributed by atoms with Gasteiger partial charge in [-0.1, -0.05) is 0 Å². The van der Waals surface area contributed by atoms with Crippen molar-refractivity contribution in [3.8, 4) is 0 Å². The summed E-state index contributed by atoms with van der Waals surface area (Å²) >= 11 is 5.89. The molecule has 0 fully saturated rings. The molecule has 0 spiro atoms. The van der Waals surface area contributed by atoms with E-state index in [0.29, 0.717) is 5.28 Å². The largest absolute Gasteiger partial charge is 0.302 e. The Bertz CT molecular complexity index is 418. The van der Waals surface area contributed by atoms with Gasteiger partial charge in [0, 0.05) is 18.9 Å². The molecular weight excluding hydrogens is 212 g/mol. The summed E-state index contributed by atoms with van der Waals surface area (Å²) in [7, 11) is 0. The minimum Gasteiger partial charge on any atom is -0.302 e. The third-order valence-electron chi connectivity index (χ3n) is 2.26. The smallest absolute Gasteiger partial charge is 0.225 e. The first-order valence-electron chi connectivity index (χ1n) is 4.71. The molecule has 2 rings (SSSR count). The van der Waals surface area contributed by atoms with Gasteiger partial charge >= 0.3 is 0 Å². The van der Waals surface area contributed by atoms with E-state index in [4.69, 9.17) is 11.6 Å². The van der Waals surface area contributed by atoms with E-state index < -0.39 is 0 Å². The van der Waals surface area contributed by atoms with Crippen LogP contribution in [-0.2, 0) is 13.0 Å². The lowest BCUT2D eigenvalue weighted by Crippen LogP contribution is -2.03. The Labute approximate surface area is 92.9 Å². The molecule has 0 saturated carbocycles. The molecule has 0 aromatic carbocycles. The number of pyridine rings is 1. The number of halogens is 1. The van der Waals surface area contributed by atoms with Gasteiger partial charge in [-0.25, -0.2) is 0 Å². The molecule has 0 atom stereocenters. The summed E-state index contributed by atoms with van der Waals surface area (Å²) in [4.78, 5) is 3.97. The second kappa shape index (κ2) is 4.40. The maximum Gasteiger partial charge on any atom is 0.225 e. The van der Waals surface area contributed by atoms with Crippen molar-refractivity contribution in [2.24, 2.45) is 0 Å². The van der Waals surface area contributed by atoms with Crippen LogP contribution in [0.3, 0.4) is 0 Å². The van der Waals surface area contributed by atoms with Crippen molar-refractivity contribution in [2.75, 3.05) is 0 Å². The SMILES string of the molecule is Cc1nnc(Cl)n1CCc1ccncc1. The first-order valence-corrected chi connectivity index (χ1v) is 5.09. The van der Waals surface area contributed by atoms with E-state index in [0.717, 1.165) is 18.8 Å². The van der Waals surface area contributed by atoms with Crippen LogP contribution in [0.5, 0.6) is 0 Å². The molecule has 0 unspecified atom stereocenters. The van der Waals surface area contributed by atoms with Crippen molar-refractivity contribution < 1.29 is 0 Å². The van der Waals surface area contributed by atoms with Gasteiger partial charge in [-0.15, -0.1) is 10.2 Å². The predicted octanol–water partition coefficient (Wildman–Crippen LogP) is 1.88. The second-order valence-corrected chi connectivity index (χ2v) is 3.61. The molecule has 0 bridgehead atoms. The molecule has 2 heterocycles. The monoisotopic (exact) mass is 222 g/mol. The number of aromatic nitrogens is 4. The lowest BCUT2D eigenvalue weighted by atomic mass is 10.2. The van der Waals surface area contributed by atoms with E-state index in [1.54, 1.807) is 12.4 Å². The lowest BCUT2D eigenvalue weighted by Gasteiger charge is -2.04. The summed E-state index contributed by atoms with van der Waals surface area (Å²) in [5.41, 5.74) is 1.23. The Morgan fingerprint density at radius 3 is 2.60 bits per heavy atom. The third kappa shape index (κ3) is 2.33. The fourth-order valence-corrected chi connectivity index (χ4v) is 1.64. The highest BCUT2D eigenvalue weighted by Gasteiger charge is 2.05.